The first-order chi connectivity index (χ1) is 17.4. The standard InChI is InChI=1S/C26H32N4O6/c1-4-27-24(31)14-19-9-10-21-23(36-19)15-35-22-11-8-17(13-20(22)25(32)30(21)2)29-26(33)28-16-6-5-7-18(12-16)34-3/h5-8,11-13,19,21,23H,4,9-10,14-15H2,1-3H3,(H,27,31)(H2,28,29,33)/t19-,21+,23-/m0/s1. The van der Waals surface area contributed by atoms with Gasteiger partial charge in [0.2, 0.25) is 5.91 Å². The molecule has 0 radical (unpaired) electrons. The van der Waals surface area contributed by atoms with Gasteiger partial charge in [0.1, 0.15) is 24.2 Å². The highest BCUT2D eigenvalue weighted by atomic mass is 16.5. The second-order valence-electron chi connectivity index (χ2n) is 8.85. The largest absolute Gasteiger partial charge is 0.497 e. The summed E-state index contributed by atoms with van der Waals surface area (Å²) in [5.74, 6) is 0.777. The van der Waals surface area contributed by atoms with E-state index in [4.69, 9.17) is 14.2 Å². The Kier molecular flexibility index (Phi) is 7.94. The first-order valence-electron chi connectivity index (χ1n) is 12.1. The molecule has 1 saturated heterocycles. The summed E-state index contributed by atoms with van der Waals surface area (Å²) in [6, 6.07) is 11.3. The summed E-state index contributed by atoms with van der Waals surface area (Å²) in [4.78, 5) is 39.6. The van der Waals surface area contributed by atoms with Crippen molar-refractivity contribution in [1.82, 2.24) is 10.2 Å². The number of carbonyl (C=O) groups is 3. The molecular weight excluding hydrogens is 464 g/mol. The number of methoxy groups -OCH3 is 1. The van der Waals surface area contributed by atoms with Gasteiger partial charge in [-0.25, -0.2) is 4.79 Å². The predicted molar refractivity (Wildman–Crippen MR) is 135 cm³/mol. The van der Waals surface area contributed by atoms with Gasteiger partial charge in [-0.3, -0.25) is 9.59 Å². The molecule has 4 rings (SSSR count). The molecule has 2 aliphatic rings. The van der Waals surface area contributed by atoms with E-state index < -0.39 is 6.03 Å². The quantitative estimate of drug-likeness (QED) is 0.565. The lowest BCUT2D eigenvalue weighted by Gasteiger charge is -2.42. The molecule has 10 nitrogen and oxygen atoms in total. The van der Waals surface area contributed by atoms with Gasteiger partial charge in [-0.15, -0.1) is 0 Å². The summed E-state index contributed by atoms with van der Waals surface area (Å²) in [5.41, 5.74) is 1.39. The van der Waals surface area contributed by atoms with Crippen molar-refractivity contribution in [2.24, 2.45) is 0 Å². The molecule has 36 heavy (non-hydrogen) atoms. The Morgan fingerprint density at radius 1 is 1.11 bits per heavy atom. The fraction of sp³-hybridized carbons (Fsp3) is 0.423. The molecule has 0 spiro atoms. The number of anilines is 2. The van der Waals surface area contributed by atoms with Gasteiger partial charge >= 0.3 is 6.03 Å². The molecule has 4 amide bonds. The maximum Gasteiger partial charge on any atom is 0.323 e. The number of rotatable bonds is 6. The fourth-order valence-corrected chi connectivity index (χ4v) is 4.58. The molecule has 0 bridgehead atoms. The molecule has 0 unspecified atom stereocenters. The van der Waals surface area contributed by atoms with Gasteiger partial charge in [-0.05, 0) is 50.1 Å². The normalized spacial score (nSPS) is 21.1. The number of nitrogens with one attached hydrogen (secondary N) is 3. The van der Waals surface area contributed by atoms with Crippen molar-refractivity contribution < 1.29 is 28.6 Å². The summed E-state index contributed by atoms with van der Waals surface area (Å²) < 4.78 is 17.3. The number of benzene rings is 2. The van der Waals surface area contributed by atoms with Gasteiger partial charge in [-0.2, -0.15) is 0 Å². The summed E-state index contributed by atoms with van der Waals surface area (Å²) >= 11 is 0. The van der Waals surface area contributed by atoms with E-state index in [1.165, 1.54) is 0 Å². The number of amides is 4. The lowest BCUT2D eigenvalue weighted by Crippen LogP contribution is -2.54. The van der Waals surface area contributed by atoms with Gasteiger partial charge in [0.15, 0.2) is 0 Å². The van der Waals surface area contributed by atoms with Crippen LogP contribution < -0.4 is 25.4 Å². The first-order valence-corrected chi connectivity index (χ1v) is 12.1. The lowest BCUT2D eigenvalue weighted by molar-refractivity contribution is -0.133. The third-order valence-electron chi connectivity index (χ3n) is 6.38. The van der Waals surface area contributed by atoms with Gasteiger partial charge in [0.25, 0.3) is 5.91 Å². The number of fused-ring (bicyclic) bond motifs is 2. The highest BCUT2D eigenvalue weighted by molar-refractivity contribution is 6.02. The van der Waals surface area contributed by atoms with E-state index in [9.17, 15) is 14.4 Å². The Labute approximate surface area is 210 Å². The van der Waals surface area contributed by atoms with E-state index in [-0.39, 0.29) is 43.1 Å². The third-order valence-corrected chi connectivity index (χ3v) is 6.38. The lowest BCUT2D eigenvalue weighted by atomic mass is 9.94. The molecule has 192 valence electrons. The van der Waals surface area contributed by atoms with Crippen LogP contribution in [0.4, 0.5) is 16.2 Å². The van der Waals surface area contributed by atoms with Crippen LogP contribution >= 0.6 is 0 Å². The molecule has 3 atom stereocenters. The molecule has 2 aromatic carbocycles. The zero-order chi connectivity index (χ0) is 25.7. The summed E-state index contributed by atoms with van der Waals surface area (Å²) in [7, 11) is 3.30. The highest BCUT2D eigenvalue weighted by Gasteiger charge is 2.39. The molecular formula is C26H32N4O6. The van der Waals surface area contributed by atoms with Crippen LogP contribution in [0.25, 0.3) is 0 Å². The van der Waals surface area contributed by atoms with Crippen molar-refractivity contribution in [3.05, 3.63) is 48.0 Å². The summed E-state index contributed by atoms with van der Waals surface area (Å²) in [6.45, 7) is 2.71. The molecule has 0 saturated carbocycles. The van der Waals surface area contributed by atoms with Crippen LogP contribution in [0.1, 0.15) is 36.5 Å². The molecule has 2 aliphatic heterocycles. The van der Waals surface area contributed by atoms with Crippen LogP contribution in [0.2, 0.25) is 0 Å². The van der Waals surface area contributed by atoms with Crippen molar-refractivity contribution in [1.29, 1.82) is 0 Å². The first kappa shape index (κ1) is 25.3. The second-order valence-corrected chi connectivity index (χ2v) is 8.85. The average Bonchev–Trinajstić information content (AvgIpc) is 2.86. The van der Waals surface area contributed by atoms with E-state index in [1.807, 2.05) is 6.92 Å². The summed E-state index contributed by atoms with van der Waals surface area (Å²) in [6.07, 6.45) is 1.12. The van der Waals surface area contributed by atoms with Crippen molar-refractivity contribution in [3.63, 3.8) is 0 Å². The molecule has 3 N–H and O–H groups in total. The molecule has 2 heterocycles. The number of nitrogens with zero attached hydrogens (tertiary/aromatic N) is 1. The Balaban J connectivity index is 1.44. The Bertz CT molecular complexity index is 1120. The fourth-order valence-electron chi connectivity index (χ4n) is 4.58. The Morgan fingerprint density at radius 2 is 1.89 bits per heavy atom. The number of hydrogen-bond donors (Lipinski definition) is 3. The van der Waals surface area contributed by atoms with Crippen LogP contribution in [0.15, 0.2) is 42.5 Å². The van der Waals surface area contributed by atoms with Crippen LogP contribution in [0.3, 0.4) is 0 Å². The minimum Gasteiger partial charge on any atom is -0.497 e. The van der Waals surface area contributed by atoms with Crippen LogP contribution in [0.5, 0.6) is 11.5 Å². The van der Waals surface area contributed by atoms with Crippen molar-refractivity contribution in [3.8, 4) is 11.5 Å². The zero-order valence-electron chi connectivity index (χ0n) is 20.7. The number of likely N-dealkylation sites (N-methyl/N-ethyl adjacent to an activating group) is 1. The zero-order valence-corrected chi connectivity index (χ0v) is 20.7. The van der Waals surface area contributed by atoms with Gasteiger partial charge < -0.3 is 35.1 Å². The summed E-state index contributed by atoms with van der Waals surface area (Å²) in [5, 5.41) is 8.31. The van der Waals surface area contributed by atoms with E-state index in [2.05, 4.69) is 16.0 Å². The number of urea groups is 1. The third kappa shape index (κ3) is 5.88. The average molecular weight is 497 g/mol. The van der Waals surface area contributed by atoms with Crippen molar-refractivity contribution in [2.75, 3.05) is 37.9 Å². The number of carbonyl (C=O) groups excluding carboxylic acids is 3. The number of ether oxygens (including phenoxy) is 3. The maximum atomic E-state index is 13.4. The number of hydrogen-bond acceptors (Lipinski definition) is 6. The maximum absolute atomic E-state index is 13.4. The van der Waals surface area contributed by atoms with Gasteiger partial charge in [0, 0.05) is 31.0 Å². The van der Waals surface area contributed by atoms with E-state index in [1.54, 1.807) is 61.5 Å². The van der Waals surface area contributed by atoms with E-state index >= 15 is 0 Å². The van der Waals surface area contributed by atoms with E-state index in [0.717, 1.165) is 0 Å². The smallest absolute Gasteiger partial charge is 0.323 e. The molecule has 2 aromatic rings. The van der Waals surface area contributed by atoms with E-state index in [0.29, 0.717) is 47.8 Å². The van der Waals surface area contributed by atoms with Gasteiger partial charge in [0.05, 0.1) is 31.2 Å². The SMILES string of the molecule is CCNC(=O)C[C@@H]1CC[C@@H]2[C@H](COc3ccc(NC(=O)Nc4cccc(OC)c4)cc3C(=O)N2C)O1. The van der Waals surface area contributed by atoms with Crippen LogP contribution in [-0.4, -0.2) is 68.3 Å². The Morgan fingerprint density at radius 3 is 2.64 bits per heavy atom. The Hall–Kier alpha value is -3.79. The molecule has 10 heteroatoms. The molecule has 0 aromatic heterocycles. The minimum atomic E-state index is -0.449. The van der Waals surface area contributed by atoms with Gasteiger partial charge in [-0.1, -0.05) is 6.07 Å². The van der Waals surface area contributed by atoms with Crippen LogP contribution in [-0.2, 0) is 9.53 Å². The monoisotopic (exact) mass is 496 g/mol. The topological polar surface area (TPSA) is 118 Å². The molecule has 1 fully saturated rings. The van der Waals surface area contributed by atoms with Crippen molar-refractivity contribution >= 4 is 29.2 Å². The predicted octanol–water partition coefficient (Wildman–Crippen LogP) is 3.25. The molecule has 0 aliphatic carbocycles. The van der Waals surface area contributed by atoms with Crippen LogP contribution in [0, 0.1) is 0 Å². The second kappa shape index (κ2) is 11.3. The highest BCUT2D eigenvalue weighted by Crippen LogP contribution is 2.32. The minimum absolute atomic E-state index is 0.0436. The van der Waals surface area contributed by atoms with Crippen molar-refractivity contribution in [2.45, 2.75) is 44.4 Å².